The van der Waals surface area contributed by atoms with Crippen molar-refractivity contribution >= 4 is 87.1 Å². The van der Waals surface area contributed by atoms with Crippen molar-refractivity contribution in [2.24, 2.45) is 0 Å². The molecule has 4 aromatic heterocycles. The zero-order valence-corrected chi connectivity index (χ0v) is 34.9. The molecule has 0 radical (unpaired) electrons. The summed E-state index contributed by atoms with van der Waals surface area (Å²) in [7, 11) is 0. The molecule has 6 heteroatoms. The van der Waals surface area contributed by atoms with E-state index in [9.17, 15) is 0 Å². The van der Waals surface area contributed by atoms with E-state index in [1.807, 2.05) is 36.4 Å². The Balaban J connectivity index is 1.06. The minimum atomic E-state index is 0.589. The van der Waals surface area contributed by atoms with Crippen LogP contribution in [0.4, 0.5) is 0 Å². The van der Waals surface area contributed by atoms with Gasteiger partial charge in [0.25, 0.3) is 0 Å². The van der Waals surface area contributed by atoms with Gasteiger partial charge in [0.05, 0.1) is 27.8 Å². The van der Waals surface area contributed by atoms with E-state index < -0.39 is 0 Å². The van der Waals surface area contributed by atoms with Crippen molar-refractivity contribution in [2.75, 3.05) is 0 Å². The van der Waals surface area contributed by atoms with Crippen LogP contribution in [-0.4, -0.2) is 24.1 Å². The predicted molar refractivity (Wildman–Crippen MR) is 267 cm³/mol. The number of furan rings is 1. The predicted octanol–water partition coefficient (Wildman–Crippen LogP) is 15.3. The van der Waals surface area contributed by atoms with Crippen molar-refractivity contribution in [2.45, 2.75) is 0 Å². The first-order chi connectivity index (χ1) is 32.2. The van der Waals surface area contributed by atoms with Gasteiger partial charge in [0.1, 0.15) is 11.2 Å². The molecule has 0 fully saturated rings. The zero-order chi connectivity index (χ0) is 42.6. The van der Waals surface area contributed by atoms with Crippen LogP contribution in [0.3, 0.4) is 0 Å². The summed E-state index contributed by atoms with van der Waals surface area (Å²) in [4.78, 5) is 15.4. The summed E-state index contributed by atoms with van der Waals surface area (Å²) < 4.78 is 11.7. The van der Waals surface area contributed by atoms with Crippen LogP contribution in [-0.2, 0) is 0 Å². The molecule has 4 heterocycles. The Labute approximate surface area is 371 Å². The summed E-state index contributed by atoms with van der Waals surface area (Å²) in [6, 6.07) is 75.1. The molecule has 0 bridgehead atoms. The van der Waals surface area contributed by atoms with Gasteiger partial charge in [0.15, 0.2) is 17.5 Å². The average Bonchev–Trinajstić information content (AvgIpc) is 4.03. The molecule has 0 saturated heterocycles. The van der Waals surface area contributed by atoms with E-state index in [4.69, 9.17) is 19.4 Å². The van der Waals surface area contributed by atoms with Crippen molar-refractivity contribution in [1.82, 2.24) is 24.1 Å². The Morgan fingerprint density at radius 1 is 0.308 bits per heavy atom. The lowest BCUT2D eigenvalue weighted by Crippen LogP contribution is -2.01. The maximum Gasteiger partial charge on any atom is 0.164 e. The highest BCUT2D eigenvalue weighted by Gasteiger charge is 2.23. The van der Waals surface area contributed by atoms with Gasteiger partial charge in [0, 0.05) is 65.5 Å². The summed E-state index contributed by atoms with van der Waals surface area (Å²) in [6.45, 7) is 0. The lowest BCUT2D eigenvalue weighted by Gasteiger charge is -2.14. The molecule has 14 rings (SSSR count). The molecule has 0 aliphatic heterocycles. The van der Waals surface area contributed by atoms with Crippen molar-refractivity contribution in [3.63, 3.8) is 0 Å². The molecule has 14 aromatic rings. The van der Waals surface area contributed by atoms with Crippen LogP contribution in [0.2, 0.25) is 0 Å². The maximum atomic E-state index is 6.82. The van der Waals surface area contributed by atoms with Gasteiger partial charge in [-0.05, 0) is 71.4 Å². The Hall–Kier alpha value is -8.87. The fraction of sp³-hybridized carbons (Fsp3) is 0. The van der Waals surface area contributed by atoms with Crippen LogP contribution in [0.1, 0.15) is 0 Å². The Bertz CT molecular complexity index is 4240. The monoisotopic (exact) mass is 829 g/mol. The summed E-state index contributed by atoms with van der Waals surface area (Å²) >= 11 is 0. The molecule has 0 aliphatic rings. The summed E-state index contributed by atoms with van der Waals surface area (Å²) in [6.07, 6.45) is 0. The second kappa shape index (κ2) is 13.8. The molecule has 10 aromatic carbocycles. The molecule has 0 aliphatic carbocycles. The van der Waals surface area contributed by atoms with Gasteiger partial charge in [-0.3, -0.25) is 0 Å². The van der Waals surface area contributed by atoms with Gasteiger partial charge < -0.3 is 13.6 Å². The second-order valence-corrected chi connectivity index (χ2v) is 16.8. The quantitative estimate of drug-likeness (QED) is 0.173. The van der Waals surface area contributed by atoms with Gasteiger partial charge in [-0.1, -0.05) is 152 Å². The highest BCUT2D eigenvalue weighted by Crippen LogP contribution is 2.44. The molecule has 302 valence electrons. The Kier molecular flexibility index (Phi) is 7.59. The zero-order valence-electron chi connectivity index (χ0n) is 34.9. The molecule has 0 amide bonds. The van der Waals surface area contributed by atoms with Gasteiger partial charge in [-0.2, -0.15) is 0 Å². The molecular formula is C59H35N5O. The third kappa shape index (κ3) is 5.44. The van der Waals surface area contributed by atoms with Gasteiger partial charge >= 0.3 is 0 Å². The number of aromatic nitrogens is 5. The molecule has 0 N–H and O–H groups in total. The van der Waals surface area contributed by atoms with Crippen LogP contribution < -0.4 is 0 Å². The van der Waals surface area contributed by atoms with Gasteiger partial charge in [0.2, 0.25) is 0 Å². The van der Waals surface area contributed by atoms with Crippen LogP contribution in [0.5, 0.6) is 0 Å². The highest BCUT2D eigenvalue weighted by atomic mass is 16.3. The SMILES string of the molecule is c1ccc(-c2nc(-c3ccc4ccccc4c3)nc(-c3ccc4c(-n5c6ccccc6c6cc7c8ccccc8n(-c8ccccc8)c7cc65)cc5c6ccccc6oc5c4c3)n2)cc1. The van der Waals surface area contributed by atoms with E-state index in [1.54, 1.807) is 0 Å². The van der Waals surface area contributed by atoms with Crippen LogP contribution >= 0.6 is 0 Å². The number of para-hydroxylation sites is 4. The fourth-order valence-electron chi connectivity index (χ4n) is 10.1. The van der Waals surface area contributed by atoms with Crippen molar-refractivity contribution < 1.29 is 4.42 Å². The standard InChI is InChI=1S/C59H35N5O/c1-3-16-37(17-4-1)57-60-58(39-28-27-36-15-7-8-18-38(36)31-39)62-59(61-57)40-29-30-44-48(32-40)56-49(45-23-11-14-26-55(45)65-56)34-52(44)64-51-25-13-10-22-43(51)47-33-46-42-21-9-12-24-50(42)63(53(46)35-54(47)64)41-19-5-2-6-20-41/h1-35H. The van der Waals surface area contributed by atoms with Gasteiger partial charge in [-0.25, -0.2) is 15.0 Å². The minimum Gasteiger partial charge on any atom is -0.455 e. The Morgan fingerprint density at radius 3 is 1.62 bits per heavy atom. The van der Waals surface area contributed by atoms with E-state index in [0.29, 0.717) is 17.5 Å². The minimum absolute atomic E-state index is 0.589. The van der Waals surface area contributed by atoms with E-state index >= 15 is 0 Å². The normalized spacial score (nSPS) is 12.0. The number of benzene rings is 10. The highest BCUT2D eigenvalue weighted by molar-refractivity contribution is 6.22. The third-order valence-electron chi connectivity index (χ3n) is 13.1. The van der Waals surface area contributed by atoms with Crippen molar-refractivity contribution in [3.8, 4) is 45.5 Å². The van der Waals surface area contributed by atoms with E-state index in [0.717, 1.165) is 82.7 Å². The largest absolute Gasteiger partial charge is 0.455 e. The van der Waals surface area contributed by atoms with Crippen molar-refractivity contribution in [1.29, 1.82) is 0 Å². The lowest BCUT2D eigenvalue weighted by molar-refractivity contribution is 0.672. The number of fused-ring (bicyclic) bond motifs is 12. The summed E-state index contributed by atoms with van der Waals surface area (Å²) in [5, 5.41) is 11.3. The molecule has 0 saturated carbocycles. The van der Waals surface area contributed by atoms with E-state index in [1.165, 1.54) is 32.4 Å². The fourth-order valence-corrected chi connectivity index (χ4v) is 10.1. The molecule has 65 heavy (non-hydrogen) atoms. The molecule has 0 atom stereocenters. The molecule has 0 unspecified atom stereocenters. The lowest BCUT2D eigenvalue weighted by atomic mass is 10.0. The molecule has 0 spiro atoms. The van der Waals surface area contributed by atoms with Crippen molar-refractivity contribution in [3.05, 3.63) is 212 Å². The molecular weight excluding hydrogens is 795 g/mol. The summed E-state index contributed by atoms with van der Waals surface area (Å²) in [5.41, 5.74) is 11.2. The smallest absolute Gasteiger partial charge is 0.164 e. The number of nitrogens with zero attached hydrogens (tertiary/aromatic N) is 5. The number of hydrogen-bond acceptors (Lipinski definition) is 4. The topological polar surface area (TPSA) is 61.7 Å². The number of rotatable bonds is 5. The van der Waals surface area contributed by atoms with Crippen LogP contribution in [0.15, 0.2) is 217 Å². The first-order valence-corrected chi connectivity index (χ1v) is 21.9. The first kappa shape index (κ1) is 35.7. The number of hydrogen-bond donors (Lipinski definition) is 0. The third-order valence-corrected chi connectivity index (χ3v) is 13.1. The van der Waals surface area contributed by atoms with E-state index in [2.05, 4.69) is 185 Å². The average molecular weight is 830 g/mol. The first-order valence-electron chi connectivity index (χ1n) is 21.9. The molecule has 6 nitrogen and oxygen atoms in total. The summed E-state index contributed by atoms with van der Waals surface area (Å²) in [5.74, 6) is 1.82. The Morgan fingerprint density at radius 2 is 0.862 bits per heavy atom. The van der Waals surface area contributed by atoms with E-state index in [-0.39, 0.29) is 0 Å². The maximum absolute atomic E-state index is 6.82. The van der Waals surface area contributed by atoms with Crippen LogP contribution in [0.25, 0.3) is 133 Å². The van der Waals surface area contributed by atoms with Gasteiger partial charge in [-0.15, -0.1) is 0 Å². The van der Waals surface area contributed by atoms with Crippen LogP contribution in [0, 0.1) is 0 Å². The second-order valence-electron chi connectivity index (χ2n) is 16.8.